The van der Waals surface area contributed by atoms with E-state index in [2.05, 4.69) is 10.2 Å². The fourth-order valence-corrected chi connectivity index (χ4v) is 1.31. The van der Waals surface area contributed by atoms with Crippen LogP contribution in [0.2, 0.25) is 0 Å². The lowest BCUT2D eigenvalue weighted by molar-refractivity contribution is 0.0781. The highest BCUT2D eigenvalue weighted by Gasteiger charge is 2.27. The zero-order valence-electron chi connectivity index (χ0n) is 6.29. The maximum absolute atomic E-state index is 11.3. The zero-order chi connectivity index (χ0) is 7.84. The normalized spacial score (nSPS) is 15.7. The Bertz CT molecular complexity index is 292. The van der Waals surface area contributed by atoms with Crippen LogP contribution >= 0.6 is 0 Å². The largest absolute Gasteiger partial charge is 0.333 e. The molecule has 1 N–H and O–H groups in total. The van der Waals surface area contributed by atoms with Crippen LogP contribution in [0.4, 0.5) is 0 Å². The third-order valence-electron chi connectivity index (χ3n) is 1.96. The van der Waals surface area contributed by atoms with E-state index < -0.39 is 0 Å². The van der Waals surface area contributed by atoms with Crippen LogP contribution in [0.15, 0.2) is 6.20 Å². The van der Waals surface area contributed by atoms with Crippen molar-refractivity contribution in [3.63, 3.8) is 0 Å². The van der Waals surface area contributed by atoms with E-state index in [4.69, 9.17) is 0 Å². The molecule has 2 rings (SSSR count). The minimum absolute atomic E-state index is 0.0694. The van der Waals surface area contributed by atoms with Gasteiger partial charge in [-0.25, -0.2) is 0 Å². The number of nitrogens with zero attached hydrogens (tertiary/aromatic N) is 2. The molecule has 0 atom stereocenters. The number of nitrogens with one attached hydrogen (secondary N) is 1. The number of fused-ring (bicyclic) bond motifs is 1. The topological polar surface area (TPSA) is 49.0 Å². The standard InChI is InChI=1S/C7H9N3O/c1-2-10-4-5-3-8-9-6(5)7(10)11/h3H,2,4H2,1H3,(H,8,9). The van der Waals surface area contributed by atoms with E-state index in [1.165, 1.54) is 0 Å². The van der Waals surface area contributed by atoms with Crippen molar-refractivity contribution in [2.24, 2.45) is 0 Å². The molecular weight excluding hydrogens is 142 g/mol. The molecule has 4 nitrogen and oxygen atoms in total. The number of aromatic amines is 1. The summed E-state index contributed by atoms with van der Waals surface area (Å²) in [4.78, 5) is 13.1. The molecule has 1 amide bonds. The predicted molar refractivity (Wildman–Crippen MR) is 39.0 cm³/mol. The van der Waals surface area contributed by atoms with E-state index in [1.807, 2.05) is 6.92 Å². The van der Waals surface area contributed by atoms with E-state index in [1.54, 1.807) is 11.1 Å². The number of amides is 1. The molecule has 0 unspecified atom stereocenters. The van der Waals surface area contributed by atoms with Gasteiger partial charge >= 0.3 is 0 Å². The van der Waals surface area contributed by atoms with Gasteiger partial charge in [0.25, 0.3) is 5.91 Å². The minimum Gasteiger partial charge on any atom is -0.333 e. The van der Waals surface area contributed by atoms with Crippen LogP contribution in [0.3, 0.4) is 0 Å². The van der Waals surface area contributed by atoms with Gasteiger partial charge in [-0.05, 0) is 6.92 Å². The first-order chi connectivity index (χ1) is 5.33. The summed E-state index contributed by atoms with van der Waals surface area (Å²) in [6, 6.07) is 0. The number of hydrogen-bond donors (Lipinski definition) is 1. The summed E-state index contributed by atoms with van der Waals surface area (Å²) >= 11 is 0. The lowest BCUT2D eigenvalue weighted by Gasteiger charge is -2.10. The molecule has 1 aliphatic rings. The van der Waals surface area contributed by atoms with Crippen molar-refractivity contribution in [1.29, 1.82) is 0 Å². The highest BCUT2D eigenvalue weighted by Crippen LogP contribution is 2.18. The number of aromatic nitrogens is 2. The number of hydrogen-bond acceptors (Lipinski definition) is 2. The van der Waals surface area contributed by atoms with Gasteiger partial charge in [-0.3, -0.25) is 9.89 Å². The Balaban J connectivity index is 2.37. The monoisotopic (exact) mass is 151 g/mol. The highest BCUT2D eigenvalue weighted by atomic mass is 16.2. The van der Waals surface area contributed by atoms with Crippen LogP contribution in [0, 0.1) is 0 Å². The fourth-order valence-electron chi connectivity index (χ4n) is 1.31. The van der Waals surface area contributed by atoms with Gasteiger partial charge in [0.1, 0.15) is 5.69 Å². The van der Waals surface area contributed by atoms with Crippen LogP contribution in [0.5, 0.6) is 0 Å². The van der Waals surface area contributed by atoms with Gasteiger partial charge in [0.2, 0.25) is 0 Å². The molecule has 0 saturated carbocycles. The second-order valence-electron chi connectivity index (χ2n) is 2.59. The van der Waals surface area contributed by atoms with E-state index >= 15 is 0 Å². The first kappa shape index (κ1) is 6.39. The van der Waals surface area contributed by atoms with Gasteiger partial charge in [-0.15, -0.1) is 0 Å². The fraction of sp³-hybridized carbons (Fsp3) is 0.429. The quantitative estimate of drug-likeness (QED) is 0.631. The Hall–Kier alpha value is -1.32. The van der Waals surface area contributed by atoms with Crippen molar-refractivity contribution >= 4 is 5.91 Å². The second kappa shape index (κ2) is 2.08. The highest BCUT2D eigenvalue weighted by molar-refractivity contribution is 5.96. The molecule has 4 heteroatoms. The molecule has 0 radical (unpaired) electrons. The number of carbonyl (C=O) groups is 1. The summed E-state index contributed by atoms with van der Waals surface area (Å²) in [7, 11) is 0. The Morgan fingerprint density at radius 1 is 1.82 bits per heavy atom. The Labute approximate surface area is 64.2 Å². The molecule has 1 aliphatic heterocycles. The maximum atomic E-state index is 11.3. The van der Waals surface area contributed by atoms with Crippen LogP contribution in [0.25, 0.3) is 0 Å². The molecule has 0 spiro atoms. The van der Waals surface area contributed by atoms with Crippen LogP contribution in [0.1, 0.15) is 23.0 Å². The number of rotatable bonds is 1. The molecule has 1 aromatic heterocycles. The Morgan fingerprint density at radius 3 is 3.27 bits per heavy atom. The minimum atomic E-state index is 0.0694. The van der Waals surface area contributed by atoms with Gasteiger partial charge in [0.15, 0.2) is 0 Å². The first-order valence-electron chi connectivity index (χ1n) is 3.64. The van der Waals surface area contributed by atoms with Crippen molar-refractivity contribution in [1.82, 2.24) is 15.1 Å². The summed E-state index contributed by atoms with van der Waals surface area (Å²) < 4.78 is 0. The number of H-pyrrole nitrogens is 1. The lowest BCUT2D eigenvalue weighted by Crippen LogP contribution is -2.23. The molecule has 0 aromatic carbocycles. The zero-order valence-corrected chi connectivity index (χ0v) is 6.29. The van der Waals surface area contributed by atoms with E-state index in [9.17, 15) is 4.79 Å². The van der Waals surface area contributed by atoms with Crippen LogP contribution in [-0.2, 0) is 6.54 Å². The van der Waals surface area contributed by atoms with Crippen molar-refractivity contribution < 1.29 is 4.79 Å². The van der Waals surface area contributed by atoms with Crippen LogP contribution in [-0.4, -0.2) is 27.5 Å². The predicted octanol–water partition coefficient (Wildman–Crippen LogP) is 0.385. The molecule has 11 heavy (non-hydrogen) atoms. The van der Waals surface area contributed by atoms with Crippen molar-refractivity contribution in [3.05, 3.63) is 17.5 Å². The van der Waals surface area contributed by atoms with Gasteiger partial charge < -0.3 is 4.90 Å². The van der Waals surface area contributed by atoms with Crippen molar-refractivity contribution in [2.75, 3.05) is 6.54 Å². The molecule has 0 bridgehead atoms. The molecule has 1 aromatic rings. The number of carbonyl (C=O) groups excluding carboxylic acids is 1. The van der Waals surface area contributed by atoms with E-state index in [0.29, 0.717) is 12.2 Å². The van der Waals surface area contributed by atoms with Gasteiger partial charge in [-0.2, -0.15) is 5.10 Å². The smallest absolute Gasteiger partial charge is 0.272 e. The lowest BCUT2D eigenvalue weighted by atomic mass is 10.3. The second-order valence-corrected chi connectivity index (χ2v) is 2.59. The van der Waals surface area contributed by atoms with E-state index in [0.717, 1.165) is 12.1 Å². The van der Waals surface area contributed by atoms with E-state index in [-0.39, 0.29) is 5.91 Å². The Morgan fingerprint density at radius 2 is 2.64 bits per heavy atom. The molecule has 0 aliphatic carbocycles. The summed E-state index contributed by atoms with van der Waals surface area (Å²) in [5.41, 5.74) is 1.67. The SMILES string of the molecule is CCN1Cc2cn[nH]c2C1=O. The van der Waals surface area contributed by atoms with Crippen LogP contribution < -0.4 is 0 Å². The molecule has 2 heterocycles. The third-order valence-corrected chi connectivity index (χ3v) is 1.96. The van der Waals surface area contributed by atoms with Crippen molar-refractivity contribution in [2.45, 2.75) is 13.5 Å². The summed E-state index contributed by atoms with van der Waals surface area (Å²) in [5, 5.41) is 6.48. The molecule has 0 saturated heterocycles. The summed E-state index contributed by atoms with van der Waals surface area (Å²) in [5.74, 6) is 0.0694. The third kappa shape index (κ3) is 0.753. The summed E-state index contributed by atoms with van der Waals surface area (Å²) in [6.07, 6.45) is 1.71. The average Bonchev–Trinajstić information content (AvgIpc) is 2.53. The van der Waals surface area contributed by atoms with Crippen molar-refractivity contribution in [3.8, 4) is 0 Å². The van der Waals surface area contributed by atoms with Gasteiger partial charge in [-0.1, -0.05) is 0 Å². The van der Waals surface area contributed by atoms with Gasteiger partial charge in [0.05, 0.1) is 6.20 Å². The van der Waals surface area contributed by atoms with Gasteiger partial charge in [0, 0.05) is 18.7 Å². The molecular formula is C7H9N3O. The summed E-state index contributed by atoms with van der Waals surface area (Å²) in [6.45, 7) is 3.44. The Kier molecular flexibility index (Phi) is 1.21. The average molecular weight is 151 g/mol. The first-order valence-corrected chi connectivity index (χ1v) is 3.64. The molecule has 58 valence electrons. The maximum Gasteiger partial charge on any atom is 0.272 e. The molecule has 0 fully saturated rings.